The molecule has 8 nitrogen and oxygen atoms in total. The van der Waals surface area contributed by atoms with Crippen LogP contribution in [0.25, 0.3) is 0 Å². The van der Waals surface area contributed by atoms with Gasteiger partial charge in [-0.2, -0.15) is 0 Å². The predicted octanol–water partition coefficient (Wildman–Crippen LogP) is -6.37. The molecule has 0 rings (SSSR count). The average Bonchev–Trinajstić information content (AvgIpc) is 2.16. The van der Waals surface area contributed by atoms with Crippen LogP contribution in [0, 0.1) is 0 Å². The van der Waals surface area contributed by atoms with Crippen LogP contribution in [-0.2, 0) is 27.7 Å². The van der Waals surface area contributed by atoms with Crippen molar-refractivity contribution in [3.63, 3.8) is 0 Å². The van der Waals surface area contributed by atoms with Gasteiger partial charge in [0.05, 0.1) is 0 Å². The third kappa shape index (κ3) is 5.28. The Hall–Kier alpha value is 1.77. The summed E-state index contributed by atoms with van der Waals surface area (Å²) in [6, 6.07) is 0. The molecule has 0 aliphatic rings. The summed E-state index contributed by atoms with van der Waals surface area (Å²) < 4.78 is 35.3. The van der Waals surface area contributed by atoms with Crippen molar-refractivity contribution in [3.8, 4) is 0 Å². The zero-order valence-corrected chi connectivity index (χ0v) is 16.9. The van der Waals surface area contributed by atoms with E-state index in [-0.39, 0.29) is 59.1 Å². The molecule has 0 aromatic carbocycles. The molecule has 0 aliphatic heterocycles. The Labute approximate surface area is 149 Å². The average molecular weight is 320 g/mol. The van der Waals surface area contributed by atoms with E-state index in [1.807, 2.05) is 0 Å². The summed E-state index contributed by atoms with van der Waals surface area (Å²) in [5.41, 5.74) is 0. The van der Waals surface area contributed by atoms with Crippen LogP contribution in [0.2, 0.25) is 0 Å². The fourth-order valence-electron chi connectivity index (χ4n) is 0.873. The second-order valence-corrected chi connectivity index (χ2v) is 7.67. The van der Waals surface area contributed by atoms with Gasteiger partial charge in [0.15, 0.2) is 15.2 Å². The Balaban J connectivity index is -0.00000112. The molecule has 0 spiro atoms. The van der Waals surface area contributed by atoms with Crippen molar-refractivity contribution >= 4 is 21.2 Å². The van der Waals surface area contributed by atoms with Gasteiger partial charge in [-0.1, -0.05) is 0 Å². The van der Waals surface area contributed by atoms with Crippen LogP contribution < -0.4 is 68.9 Å². The molecule has 0 bridgehead atoms. The monoisotopic (exact) mass is 320 g/mol. The topological polar surface area (TPSA) is 125 Å². The number of ether oxygens (including phenoxy) is 1. The molecule has 0 aromatic rings. The third-order valence-corrected chi connectivity index (χ3v) is 6.48. The zero-order chi connectivity index (χ0) is 13.2. The van der Waals surface area contributed by atoms with Gasteiger partial charge < -0.3 is 32.7 Å². The molecule has 0 N–H and O–H groups in total. The summed E-state index contributed by atoms with van der Waals surface area (Å²) in [6.45, 7) is 1.53. The van der Waals surface area contributed by atoms with Crippen LogP contribution in [0.3, 0.4) is 0 Å². The van der Waals surface area contributed by atoms with Gasteiger partial charge in [-0.05, 0) is 6.92 Å². The van der Waals surface area contributed by atoms with Crippen LogP contribution in [0.15, 0.2) is 0 Å². The van der Waals surface area contributed by atoms with Crippen molar-refractivity contribution in [1.82, 2.24) is 0 Å². The van der Waals surface area contributed by atoms with E-state index in [0.717, 1.165) is 21.1 Å². The van der Waals surface area contributed by atoms with E-state index < -0.39 is 26.2 Å². The van der Waals surface area contributed by atoms with Crippen LogP contribution in [0.5, 0.6) is 0 Å². The summed E-state index contributed by atoms with van der Waals surface area (Å²) in [4.78, 5) is 33.6. The molecular weight excluding hydrogens is 308 g/mol. The first-order chi connectivity index (χ1) is 7.04. The van der Waals surface area contributed by atoms with Gasteiger partial charge in [-0.25, -0.2) is 0 Å². The minimum absolute atomic E-state index is 0. The second kappa shape index (κ2) is 8.93. The Morgan fingerprint density at radius 2 is 1.33 bits per heavy atom. The van der Waals surface area contributed by atoms with E-state index in [4.69, 9.17) is 0 Å². The van der Waals surface area contributed by atoms with Crippen molar-refractivity contribution < 1.29 is 96.6 Å². The molecule has 0 aromatic heterocycles. The van der Waals surface area contributed by atoms with Crippen molar-refractivity contribution in [2.45, 2.75) is 18.9 Å². The van der Waals surface area contributed by atoms with Gasteiger partial charge >= 0.3 is 65.1 Å². The van der Waals surface area contributed by atoms with E-state index >= 15 is 0 Å². The molecule has 2 atom stereocenters. The quantitative estimate of drug-likeness (QED) is 0.278. The van der Waals surface area contributed by atoms with E-state index in [2.05, 4.69) is 13.8 Å². The molecule has 0 aliphatic carbocycles. The van der Waals surface area contributed by atoms with Gasteiger partial charge in [0.25, 0.3) is 0 Å². The molecule has 0 amide bonds. The summed E-state index contributed by atoms with van der Waals surface area (Å²) in [7, 11) is -8.45. The van der Waals surface area contributed by atoms with Crippen molar-refractivity contribution in [2.75, 3.05) is 14.2 Å². The van der Waals surface area contributed by atoms with Crippen LogP contribution in [0.1, 0.15) is 13.8 Å². The second-order valence-electron chi connectivity index (χ2n) is 2.89. The summed E-state index contributed by atoms with van der Waals surface area (Å²) in [5.74, 6) is -1.09. The normalized spacial score (nSPS) is 20.1. The molecule has 12 heteroatoms. The first kappa shape index (κ1) is 24.8. The van der Waals surface area contributed by atoms with Gasteiger partial charge in [0, 0.05) is 21.1 Å². The number of rotatable bonds is 5. The van der Waals surface area contributed by atoms with Crippen LogP contribution in [0.4, 0.5) is 0 Å². The SMILES string of the molecule is COP(=O)([O-])C(C)(OC(C)=O)P(=O)([O-])OC.[Na+].[Na+]. The van der Waals surface area contributed by atoms with Gasteiger partial charge in [0.2, 0.25) is 5.08 Å². The smallest absolute Gasteiger partial charge is 0.775 e. The fourth-order valence-corrected chi connectivity index (χ4v) is 3.72. The summed E-state index contributed by atoms with van der Waals surface area (Å²) >= 11 is 0. The standard InChI is InChI=1S/C6H14O8P2.2Na/c1-5(7)14-6(2,15(8,9)12-3)16(10,11)13-4;;/h1-4H3,(H,8,9)(H,10,11);;/q;2*+1/p-2. The molecule has 0 heterocycles. The van der Waals surface area contributed by atoms with Crippen LogP contribution >= 0.6 is 15.2 Å². The molecule has 0 saturated carbocycles. The maximum Gasteiger partial charge on any atom is 1.00 e. The number of hydrogen-bond acceptors (Lipinski definition) is 8. The van der Waals surface area contributed by atoms with Gasteiger partial charge in [-0.3, -0.25) is 4.79 Å². The fraction of sp³-hybridized carbons (Fsp3) is 0.833. The number of esters is 1. The Kier molecular flexibility index (Phi) is 12.3. The molecule has 0 radical (unpaired) electrons. The summed E-state index contributed by atoms with van der Waals surface area (Å²) in [5, 5.41) is -2.88. The number of carbonyl (C=O) groups excluding carboxylic acids is 1. The predicted molar refractivity (Wildman–Crippen MR) is 49.4 cm³/mol. The first-order valence-electron chi connectivity index (χ1n) is 3.97. The first-order valence-corrected chi connectivity index (χ1v) is 7.06. The molecule has 0 saturated heterocycles. The van der Waals surface area contributed by atoms with Crippen LogP contribution in [-0.4, -0.2) is 25.3 Å². The molecule has 0 fully saturated rings. The van der Waals surface area contributed by atoms with Crippen molar-refractivity contribution in [1.29, 1.82) is 0 Å². The van der Waals surface area contributed by atoms with Gasteiger partial charge in [0.1, 0.15) is 0 Å². The molecular formula is C6H12Na2O8P2. The number of carbonyl (C=O) groups is 1. The van der Waals surface area contributed by atoms with E-state index in [1.54, 1.807) is 0 Å². The Morgan fingerprint density at radius 1 is 1.06 bits per heavy atom. The number of hydrogen-bond donors (Lipinski definition) is 0. The maximum absolute atomic E-state index is 11.4. The van der Waals surface area contributed by atoms with E-state index in [0.29, 0.717) is 6.92 Å². The van der Waals surface area contributed by atoms with Crippen molar-refractivity contribution in [3.05, 3.63) is 0 Å². The third-order valence-electron chi connectivity index (χ3n) is 1.83. The zero-order valence-electron chi connectivity index (χ0n) is 11.2. The minimum Gasteiger partial charge on any atom is -0.775 e. The minimum atomic E-state index is -4.98. The van der Waals surface area contributed by atoms with E-state index in [1.165, 1.54) is 0 Å². The molecule has 18 heavy (non-hydrogen) atoms. The van der Waals surface area contributed by atoms with E-state index in [9.17, 15) is 23.7 Å². The Bertz CT molecular complexity index is 349. The Morgan fingerprint density at radius 3 is 1.50 bits per heavy atom. The molecule has 2 unspecified atom stereocenters. The van der Waals surface area contributed by atoms with Gasteiger partial charge in [-0.15, -0.1) is 0 Å². The van der Waals surface area contributed by atoms with Crippen molar-refractivity contribution in [2.24, 2.45) is 0 Å². The largest absolute Gasteiger partial charge is 1.00 e. The maximum atomic E-state index is 11.4. The molecule has 96 valence electrons. The summed E-state index contributed by atoms with van der Waals surface area (Å²) in [6.07, 6.45) is 0.